The molecule has 6 nitrogen and oxygen atoms in total. The van der Waals surface area contributed by atoms with Gasteiger partial charge in [-0.2, -0.15) is 0 Å². The number of carbonyl (C=O) groups is 1. The molecule has 0 fully saturated rings. The van der Waals surface area contributed by atoms with Crippen molar-refractivity contribution in [1.82, 2.24) is 10.2 Å². The molecule has 1 heterocycles. The highest BCUT2D eigenvalue weighted by molar-refractivity contribution is 5.78. The van der Waals surface area contributed by atoms with E-state index in [1.165, 1.54) is 11.1 Å². The molecule has 0 aromatic heterocycles. The maximum atomic E-state index is 12.1. The van der Waals surface area contributed by atoms with Gasteiger partial charge in [0, 0.05) is 13.1 Å². The molecular formula is C21H26N2O4. The lowest BCUT2D eigenvalue weighted by molar-refractivity contribution is -0.122. The Balaban J connectivity index is 1.37. The van der Waals surface area contributed by atoms with Crippen LogP contribution < -0.4 is 19.5 Å². The van der Waals surface area contributed by atoms with Crippen molar-refractivity contribution in [2.75, 3.05) is 33.5 Å². The van der Waals surface area contributed by atoms with Gasteiger partial charge in [0.25, 0.3) is 0 Å². The van der Waals surface area contributed by atoms with Crippen molar-refractivity contribution in [3.05, 3.63) is 53.1 Å². The summed E-state index contributed by atoms with van der Waals surface area (Å²) in [6.07, 6.45) is 0. The Morgan fingerprint density at radius 2 is 1.85 bits per heavy atom. The Bertz CT molecular complexity index is 787. The lowest BCUT2D eigenvalue weighted by Gasteiger charge is -2.17. The van der Waals surface area contributed by atoms with Gasteiger partial charge in [-0.05, 0) is 61.9 Å². The second kappa shape index (κ2) is 8.77. The van der Waals surface area contributed by atoms with Crippen LogP contribution in [0.15, 0.2) is 36.4 Å². The fraction of sp³-hybridized carbons (Fsp3) is 0.381. The van der Waals surface area contributed by atoms with Crippen LogP contribution in [0.3, 0.4) is 0 Å². The van der Waals surface area contributed by atoms with E-state index in [1.807, 2.05) is 42.3 Å². The molecule has 2 aromatic rings. The number of nitrogens with zero attached hydrogens (tertiary/aromatic N) is 1. The van der Waals surface area contributed by atoms with Gasteiger partial charge in [0.2, 0.25) is 12.7 Å². The third-order valence-electron chi connectivity index (χ3n) is 4.28. The second-order valence-electron chi connectivity index (χ2n) is 6.87. The van der Waals surface area contributed by atoms with Crippen LogP contribution in [-0.4, -0.2) is 44.3 Å². The standard InChI is InChI=1S/C21H26N2O4/c1-15-8-16(2)10-18(9-15)25-7-6-23(3)13-21(24)22-12-17-4-5-19-20(11-17)27-14-26-19/h4-5,8-11H,6-7,12-14H2,1-3H3,(H,22,24). The third-order valence-corrected chi connectivity index (χ3v) is 4.28. The van der Waals surface area contributed by atoms with E-state index in [2.05, 4.69) is 25.2 Å². The van der Waals surface area contributed by atoms with Crippen molar-refractivity contribution in [1.29, 1.82) is 0 Å². The van der Waals surface area contributed by atoms with Crippen molar-refractivity contribution < 1.29 is 19.0 Å². The van der Waals surface area contributed by atoms with E-state index in [1.54, 1.807) is 0 Å². The molecule has 0 aliphatic carbocycles. The minimum Gasteiger partial charge on any atom is -0.492 e. The summed E-state index contributed by atoms with van der Waals surface area (Å²) in [7, 11) is 1.91. The summed E-state index contributed by atoms with van der Waals surface area (Å²) in [5.41, 5.74) is 3.34. The number of fused-ring (bicyclic) bond motifs is 1. The maximum Gasteiger partial charge on any atom is 0.234 e. The Kier molecular flexibility index (Phi) is 6.19. The van der Waals surface area contributed by atoms with Crippen LogP contribution in [0, 0.1) is 13.8 Å². The average Bonchev–Trinajstić information content (AvgIpc) is 3.07. The van der Waals surface area contributed by atoms with Gasteiger partial charge in [0.15, 0.2) is 11.5 Å². The molecule has 0 unspecified atom stereocenters. The molecule has 1 aliphatic rings. The topological polar surface area (TPSA) is 60.0 Å². The quantitative estimate of drug-likeness (QED) is 0.774. The smallest absolute Gasteiger partial charge is 0.234 e. The van der Waals surface area contributed by atoms with Gasteiger partial charge in [-0.1, -0.05) is 12.1 Å². The summed E-state index contributed by atoms with van der Waals surface area (Å²) >= 11 is 0. The van der Waals surface area contributed by atoms with E-state index in [9.17, 15) is 4.79 Å². The van der Waals surface area contributed by atoms with Gasteiger partial charge in [-0.3, -0.25) is 9.69 Å². The van der Waals surface area contributed by atoms with Crippen LogP contribution in [0.5, 0.6) is 17.2 Å². The van der Waals surface area contributed by atoms with Crippen molar-refractivity contribution in [2.24, 2.45) is 0 Å². The van der Waals surface area contributed by atoms with E-state index in [0.29, 0.717) is 26.2 Å². The van der Waals surface area contributed by atoms with Crippen molar-refractivity contribution in [3.63, 3.8) is 0 Å². The number of likely N-dealkylation sites (N-methyl/N-ethyl adjacent to an activating group) is 1. The molecule has 0 saturated carbocycles. The first kappa shape index (κ1) is 19.0. The normalized spacial score (nSPS) is 12.3. The lowest BCUT2D eigenvalue weighted by atomic mass is 10.1. The van der Waals surface area contributed by atoms with E-state index in [-0.39, 0.29) is 12.7 Å². The molecule has 2 aromatic carbocycles. The molecule has 0 spiro atoms. The van der Waals surface area contributed by atoms with Crippen LogP contribution in [0.25, 0.3) is 0 Å². The molecule has 6 heteroatoms. The largest absolute Gasteiger partial charge is 0.492 e. The Hall–Kier alpha value is -2.73. The number of benzene rings is 2. The fourth-order valence-corrected chi connectivity index (χ4v) is 2.97. The summed E-state index contributed by atoms with van der Waals surface area (Å²) in [6.45, 7) is 6.34. The Labute approximate surface area is 160 Å². The van der Waals surface area contributed by atoms with E-state index < -0.39 is 0 Å². The highest BCUT2D eigenvalue weighted by atomic mass is 16.7. The molecule has 27 heavy (non-hydrogen) atoms. The van der Waals surface area contributed by atoms with E-state index in [4.69, 9.17) is 14.2 Å². The zero-order valence-electron chi connectivity index (χ0n) is 16.1. The minimum atomic E-state index is -0.0263. The van der Waals surface area contributed by atoms with Crippen molar-refractivity contribution in [3.8, 4) is 17.2 Å². The predicted molar refractivity (Wildman–Crippen MR) is 103 cm³/mol. The summed E-state index contributed by atoms with van der Waals surface area (Å²) < 4.78 is 16.4. The maximum absolute atomic E-state index is 12.1. The minimum absolute atomic E-state index is 0.0263. The zero-order chi connectivity index (χ0) is 19.2. The molecule has 0 saturated heterocycles. The predicted octanol–water partition coefficient (Wildman–Crippen LogP) is 2.66. The highest BCUT2D eigenvalue weighted by Crippen LogP contribution is 2.32. The molecular weight excluding hydrogens is 344 g/mol. The van der Waals surface area contributed by atoms with Gasteiger partial charge in [0.05, 0.1) is 6.54 Å². The van der Waals surface area contributed by atoms with Crippen molar-refractivity contribution >= 4 is 5.91 Å². The van der Waals surface area contributed by atoms with Crippen molar-refractivity contribution in [2.45, 2.75) is 20.4 Å². The number of aryl methyl sites for hydroxylation is 2. The van der Waals surface area contributed by atoms with Gasteiger partial charge >= 0.3 is 0 Å². The zero-order valence-corrected chi connectivity index (χ0v) is 16.1. The molecule has 3 rings (SSSR count). The molecule has 1 N–H and O–H groups in total. The van der Waals surface area contributed by atoms with Crippen LogP contribution in [0.2, 0.25) is 0 Å². The number of hydrogen-bond donors (Lipinski definition) is 1. The number of carbonyl (C=O) groups excluding carboxylic acids is 1. The summed E-state index contributed by atoms with van der Waals surface area (Å²) in [5, 5.41) is 2.93. The monoisotopic (exact) mass is 370 g/mol. The van der Waals surface area contributed by atoms with Crippen LogP contribution in [0.1, 0.15) is 16.7 Å². The summed E-state index contributed by atoms with van der Waals surface area (Å²) in [4.78, 5) is 14.1. The average molecular weight is 370 g/mol. The molecule has 1 amide bonds. The number of hydrogen-bond acceptors (Lipinski definition) is 5. The van der Waals surface area contributed by atoms with Crippen LogP contribution in [-0.2, 0) is 11.3 Å². The third kappa shape index (κ3) is 5.62. The number of rotatable bonds is 8. The van der Waals surface area contributed by atoms with Crippen LogP contribution >= 0.6 is 0 Å². The van der Waals surface area contributed by atoms with E-state index in [0.717, 1.165) is 22.8 Å². The first-order chi connectivity index (χ1) is 13.0. The van der Waals surface area contributed by atoms with Crippen LogP contribution in [0.4, 0.5) is 0 Å². The van der Waals surface area contributed by atoms with Gasteiger partial charge in [0.1, 0.15) is 12.4 Å². The molecule has 0 atom stereocenters. The van der Waals surface area contributed by atoms with E-state index >= 15 is 0 Å². The van der Waals surface area contributed by atoms with Gasteiger partial charge < -0.3 is 19.5 Å². The SMILES string of the molecule is Cc1cc(C)cc(OCCN(C)CC(=O)NCc2ccc3c(c2)OCO3)c1. The highest BCUT2D eigenvalue weighted by Gasteiger charge is 2.13. The molecule has 144 valence electrons. The Morgan fingerprint density at radius 3 is 2.63 bits per heavy atom. The summed E-state index contributed by atoms with van der Waals surface area (Å²) in [5.74, 6) is 2.31. The summed E-state index contributed by atoms with van der Waals surface area (Å²) in [6, 6.07) is 11.8. The lowest BCUT2D eigenvalue weighted by Crippen LogP contribution is -2.36. The number of nitrogens with one attached hydrogen (secondary N) is 1. The molecule has 0 radical (unpaired) electrons. The molecule has 1 aliphatic heterocycles. The number of ether oxygens (including phenoxy) is 3. The Morgan fingerprint density at radius 1 is 1.11 bits per heavy atom. The number of amides is 1. The fourth-order valence-electron chi connectivity index (χ4n) is 2.97. The molecule has 0 bridgehead atoms. The first-order valence-corrected chi connectivity index (χ1v) is 9.04. The first-order valence-electron chi connectivity index (χ1n) is 9.04. The van der Waals surface area contributed by atoms with Gasteiger partial charge in [-0.15, -0.1) is 0 Å². The van der Waals surface area contributed by atoms with Gasteiger partial charge in [-0.25, -0.2) is 0 Å². The second-order valence-corrected chi connectivity index (χ2v) is 6.87.